The van der Waals surface area contributed by atoms with Gasteiger partial charge in [0.25, 0.3) is 0 Å². The van der Waals surface area contributed by atoms with Gasteiger partial charge in [0, 0.05) is 11.3 Å². The molecule has 0 saturated heterocycles. The number of rotatable bonds is 7. The first kappa shape index (κ1) is 21.4. The predicted octanol–water partition coefficient (Wildman–Crippen LogP) is 6.87. The number of allylic oxidation sites excluding steroid dienone is 1. The van der Waals surface area contributed by atoms with Crippen LogP contribution in [0, 0.1) is 0 Å². The summed E-state index contributed by atoms with van der Waals surface area (Å²) in [6.07, 6.45) is 3.41. The van der Waals surface area contributed by atoms with Crippen molar-refractivity contribution in [2.45, 2.75) is 13.5 Å². The van der Waals surface area contributed by atoms with Crippen molar-refractivity contribution in [3.63, 3.8) is 0 Å². The number of benzene rings is 4. The van der Waals surface area contributed by atoms with E-state index < -0.39 is 0 Å². The van der Waals surface area contributed by atoms with Crippen LogP contribution in [0.5, 0.6) is 5.75 Å². The number of aromatic nitrogens is 2. The molecule has 0 aliphatic carbocycles. The summed E-state index contributed by atoms with van der Waals surface area (Å²) in [5.74, 6) is 1.68. The van der Waals surface area contributed by atoms with Crippen LogP contribution in [0.15, 0.2) is 109 Å². The van der Waals surface area contributed by atoms with E-state index in [2.05, 4.69) is 41.0 Å². The van der Waals surface area contributed by atoms with E-state index in [1.807, 2.05) is 72.8 Å². The number of carbonyl (C=O) groups excluding carboxylic acids is 1. The van der Waals surface area contributed by atoms with Crippen molar-refractivity contribution in [2.75, 3.05) is 0 Å². The third-order valence-electron chi connectivity index (χ3n) is 5.56. The predicted molar refractivity (Wildman–Crippen MR) is 137 cm³/mol. The van der Waals surface area contributed by atoms with E-state index in [0.717, 1.165) is 45.0 Å². The highest BCUT2D eigenvalue weighted by molar-refractivity contribution is 5.91. The minimum absolute atomic E-state index is 0.0206. The van der Waals surface area contributed by atoms with Crippen LogP contribution in [0.3, 0.4) is 0 Å². The molecule has 1 heterocycles. The molecule has 0 atom stereocenters. The molecule has 0 unspecified atom stereocenters. The largest absolute Gasteiger partial charge is 0.489 e. The molecule has 0 fully saturated rings. The van der Waals surface area contributed by atoms with E-state index in [1.54, 1.807) is 13.0 Å². The Morgan fingerprint density at radius 2 is 1.65 bits per heavy atom. The molecular weight excluding hydrogens is 420 g/mol. The van der Waals surface area contributed by atoms with E-state index in [-0.39, 0.29) is 5.78 Å². The van der Waals surface area contributed by atoms with E-state index in [0.29, 0.717) is 6.61 Å². The van der Waals surface area contributed by atoms with Gasteiger partial charge in [-0.2, -0.15) is 0 Å². The van der Waals surface area contributed by atoms with Gasteiger partial charge in [0.2, 0.25) is 0 Å². The van der Waals surface area contributed by atoms with Gasteiger partial charge in [-0.1, -0.05) is 66.7 Å². The Balaban J connectivity index is 1.51. The van der Waals surface area contributed by atoms with Crippen LogP contribution in [0.4, 0.5) is 0 Å². The number of hydrogen-bond donors (Lipinski definition) is 0. The van der Waals surface area contributed by atoms with Crippen molar-refractivity contribution >= 4 is 22.9 Å². The fourth-order valence-electron chi connectivity index (χ4n) is 3.91. The molecule has 0 aliphatic rings. The van der Waals surface area contributed by atoms with Crippen LogP contribution < -0.4 is 4.74 Å². The number of carbonyl (C=O) groups is 1. The van der Waals surface area contributed by atoms with Crippen LogP contribution in [-0.4, -0.2) is 15.3 Å². The maximum Gasteiger partial charge on any atom is 0.152 e. The van der Waals surface area contributed by atoms with Gasteiger partial charge in [0.1, 0.15) is 18.2 Å². The summed E-state index contributed by atoms with van der Waals surface area (Å²) >= 11 is 0. The molecule has 4 heteroatoms. The zero-order chi connectivity index (χ0) is 23.3. The number of para-hydroxylation sites is 2. The van der Waals surface area contributed by atoms with E-state index in [4.69, 9.17) is 9.72 Å². The molecule has 0 amide bonds. The van der Waals surface area contributed by atoms with Gasteiger partial charge < -0.3 is 4.74 Å². The molecule has 0 N–H and O–H groups in total. The standard InChI is InChI=1S/C30H24N2O2/c1-22(33)14-15-23-10-7-11-25(20-23)30-31-28-12-5-6-13-29(28)32(30)26-16-18-27(19-17-26)34-21-24-8-3-2-4-9-24/h2-20H,21H2,1H3/b15-14+. The lowest BCUT2D eigenvalue weighted by molar-refractivity contribution is -0.112. The molecule has 5 aromatic rings. The average Bonchev–Trinajstić information content (AvgIpc) is 3.27. The monoisotopic (exact) mass is 444 g/mol. The highest BCUT2D eigenvalue weighted by Crippen LogP contribution is 2.30. The smallest absolute Gasteiger partial charge is 0.152 e. The molecule has 1 aromatic heterocycles. The minimum Gasteiger partial charge on any atom is -0.489 e. The van der Waals surface area contributed by atoms with Gasteiger partial charge in [0.15, 0.2) is 5.78 Å². The second-order valence-electron chi connectivity index (χ2n) is 8.10. The Morgan fingerprint density at radius 1 is 0.882 bits per heavy atom. The summed E-state index contributed by atoms with van der Waals surface area (Å²) in [6.45, 7) is 2.08. The molecule has 0 spiro atoms. The van der Waals surface area contributed by atoms with Crippen LogP contribution >= 0.6 is 0 Å². The van der Waals surface area contributed by atoms with Crippen molar-refractivity contribution < 1.29 is 9.53 Å². The third-order valence-corrected chi connectivity index (χ3v) is 5.56. The van der Waals surface area contributed by atoms with Gasteiger partial charge >= 0.3 is 0 Å². The van der Waals surface area contributed by atoms with Crippen LogP contribution in [0.2, 0.25) is 0 Å². The Labute approximate surface area is 198 Å². The van der Waals surface area contributed by atoms with Gasteiger partial charge in [-0.25, -0.2) is 4.98 Å². The minimum atomic E-state index is 0.0206. The summed E-state index contributed by atoms with van der Waals surface area (Å²) < 4.78 is 8.13. The number of nitrogens with zero attached hydrogens (tertiary/aromatic N) is 2. The third kappa shape index (κ3) is 4.66. The second-order valence-corrected chi connectivity index (χ2v) is 8.10. The van der Waals surface area contributed by atoms with E-state index >= 15 is 0 Å². The normalized spacial score (nSPS) is 11.2. The second kappa shape index (κ2) is 9.59. The molecule has 0 radical (unpaired) electrons. The number of ketones is 1. The molecule has 34 heavy (non-hydrogen) atoms. The zero-order valence-electron chi connectivity index (χ0n) is 18.9. The van der Waals surface area contributed by atoms with Crippen molar-refractivity contribution in [2.24, 2.45) is 0 Å². The molecule has 5 rings (SSSR count). The van der Waals surface area contributed by atoms with Crippen molar-refractivity contribution in [1.29, 1.82) is 0 Å². The SMILES string of the molecule is CC(=O)/C=C/c1cccc(-c2nc3ccccc3n2-c2ccc(OCc3ccccc3)cc2)c1. The fraction of sp³-hybridized carbons (Fsp3) is 0.0667. The Bertz CT molecular complexity index is 1470. The quantitative estimate of drug-likeness (QED) is 0.257. The first-order valence-electron chi connectivity index (χ1n) is 11.2. The first-order valence-corrected chi connectivity index (χ1v) is 11.2. The van der Waals surface area contributed by atoms with Crippen molar-refractivity contribution in [1.82, 2.24) is 9.55 Å². The Morgan fingerprint density at radius 3 is 2.44 bits per heavy atom. The number of ether oxygens (including phenoxy) is 1. The highest BCUT2D eigenvalue weighted by atomic mass is 16.5. The van der Waals surface area contributed by atoms with Crippen LogP contribution in [0.25, 0.3) is 34.2 Å². The Hall–Kier alpha value is -4.44. The fourth-order valence-corrected chi connectivity index (χ4v) is 3.91. The molecule has 166 valence electrons. The summed E-state index contributed by atoms with van der Waals surface area (Å²) in [5, 5.41) is 0. The first-order chi connectivity index (χ1) is 16.7. The maximum atomic E-state index is 11.4. The molecule has 0 saturated carbocycles. The topological polar surface area (TPSA) is 44.1 Å². The zero-order valence-corrected chi connectivity index (χ0v) is 18.9. The summed E-state index contributed by atoms with van der Waals surface area (Å²) in [5.41, 5.74) is 6.02. The number of fused-ring (bicyclic) bond motifs is 1. The van der Waals surface area contributed by atoms with Crippen molar-refractivity contribution in [3.8, 4) is 22.8 Å². The Kier molecular flexibility index (Phi) is 6.04. The molecule has 0 bridgehead atoms. The average molecular weight is 445 g/mol. The molecule has 4 nitrogen and oxygen atoms in total. The van der Waals surface area contributed by atoms with Crippen LogP contribution in [-0.2, 0) is 11.4 Å². The summed E-state index contributed by atoms with van der Waals surface area (Å²) in [4.78, 5) is 16.3. The molecule has 4 aromatic carbocycles. The summed E-state index contributed by atoms with van der Waals surface area (Å²) in [6, 6.07) is 34.4. The van der Waals surface area contributed by atoms with E-state index in [1.165, 1.54) is 0 Å². The van der Waals surface area contributed by atoms with Crippen LogP contribution in [0.1, 0.15) is 18.1 Å². The van der Waals surface area contributed by atoms with Gasteiger partial charge in [-0.3, -0.25) is 9.36 Å². The van der Waals surface area contributed by atoms with Crippen molar-refractivity contribution in [3.05, 3.63) is 120 Å². The van der Waals surface area contributed by atoms with Gasteiger partial charge in [-0.15, -0.1) is 0 Å². The lowest BCUT2D eigenvalue weighted by Crippen LogP contribution is -1.99. The number of imidazole rings is 1. The van der Waals surface area contributed by atoms with E-state index in [9.17, 15) is 4.79 Å². The molecular formula is C30H24N2O2. The number of hydrogen-bond acceptors (Lipinski definition) is 3. The summed E-state index contributed by atoms with van der Waals surface area (Å²) in [7, 11) is 0. The molecule has 0 aliphatic heterocycles. The lowest BCUT2D eigenvalue weighted by Gasteiger charge is -2.12. The maximum absolute atomic E-state index is 11.4. The van der Waals surface area contributed by atoms with Gasteiger partial charge in [-0.05, 0) is 66.6 Å². The lowest BCUT2D eigenvalue weighted by atomic mass is 10.1. The highest BCUT2D eigenvalue weighted by Gasteiger charge is 2.14. The van der Waals surface area contributed by atoms with Gasteiger partial charge in [0.05, 0.1) is 11.0 Å².